The summed E-state index contributed by atoms with van der Waals surface area (Å²) in [5, 5.41) is 2.97. The third-order valence-corrected chi connectivity index (χ3v) is 3.25. The van der Waals surface area contributed by atoms with E-state index < -0.39 is 0 Å². The van der Waals surface area contributed by atoms with Crippen LogP contribution in [0.1, 0.15) is 39.5 Å². The van der Waals surface area contributed by atoms with Gasteiger partial charge in [0.2, 0.25) is 5.91 Å². The summed E-state index contributed by atoms with van der Waals surface area (Å²) in [6, 6.07) is 0.197. The number of likely N-dealkylation sites (tertiary alicyclic amines) is 1. The van der Waals surface area contributed by atoms with Gasteiger partial charge in [0.25, 0.3) is 0 Å². The van der Waals surface area contributed by atoms with Gasteiger partial charge in [0.05, 0.1) is 6.04 Å². The molecule has 0 aromatic heterocycles. The van der Waals surface area contributed by atoms with Crippen LogP contribution in [0.15, 0.2) is 0 Å². The van der Waals surface area contributed by atoms with Crippen LogP contribution in [0.4, 0.5) is 0 Å². The lowest BCUT2D eigenvalue weighted by Gasteiger charge is -2.34. The molecule has 16 heavy (non-hydrogen) atoms. The summed E-state index contributed by atoms with van der Waals surface area (Å²) >= 11 is 0. The van der Waals surface area contributed by atoms with Crippen molar-refractivity contribution in [3.05, 3.63) is 0 Å². The predicted molar refractivity (Wildman–Crippen MR) is 66.2 cm³/mol. The van der Waals surface area contributed by atoms with Crippen molar-refractivity contribution in [3.63, 3.8) is 0 Å². The molecule has 0 radical (unpaired) electrons. The molecular formula is C12H25N3O. The van der Waals surface area contributed by atoms with E-state index in [1.54, 1.807) is 0 Å². The molecular weight excluding hydrogens is 202 g/mol. The van der Waals surface area contributed by atoms with Gasteiger partial charge >= 0.3 is 0 Å². The molecule has 1 aliphatic heterocycles. The maximum Gasteiger partial charge on any atom is 0.237 e. The molecule has 94 valence electrons. The standard InChI is InChI=1S/C12H25N3O/c1-3-4-7-14-12(16)10(2)15-8-5-6-11(13)9-15/h10-11H,3-9,13H2,1-2H3,(H,14,16). The quantitative estimate of drug-likeness (QED) is 0.680. The zero-order valence-electron chi connectivity index (χ0n) is 10.5. The Morgan fingerprint density at radius 2 is 2.38 bits per heavy atom. The van der Waals surface area contributed by atoms with Crippen LogP contribution in [0.2, 0.25) is 0 Å². The largest absolute Gasteiger partial charge is 0.355 e. The van der Waals surface area contributed by atoms with Gasteiger partial charge in [-0.25, -0.2) is 0 Å². The molecule has 1 rings (SSSR count). The molecule has 0 spiro atoms. The number of rotatable bonds is 5. The highest BCUT2D eigenvalue weighted by Gasteiger charge is 2.25. The van der Waals surface area contributed by atoms with Crippen LogP contribution in [-0.2, 0) is 4.79 Å². The summed E-state index contributed by atoms with van der Waals surface area (Å²) in [4.78, 5) is 14.0. The summed E-state index contributed by atoms with van der Waals surface area (Å²) < 4.78 is 0. The molecule has 1 heterocycles. The molecule has 1 fully saturated rings. The number of carbonyl (C=O) groups is 1. The van der Waals surface area contributed by atoms with Crippen LogP contribution in [0.25, 0.3) is 0 Å². The number of carbonyl (C=O) groups excluding carboxylic acids is 1. The molecule has 0 aromatic carbocycles. The van der Waals surface area contributed by atoms with E-state index in [0.29, 0.717) is 0 Å². The number of amides is 1. The van der Waals surface area contributed by atoms with E-state index in [4.69, 9.17) is 5.73 Å². The SMILES string of the molecule is CCCCNC(=O)C(C)N1CCCC(N)C1. The first kappa shape index (κ1) is 13.5. The van der Waals surface area contributed by atoms with Crippen LogP contribution >= 0.6 is 0 Å². The first-order chi connectivity index (χ1) is 7.65. The first-order valence-corrected chi connectivity index (χ1v) is 6.42. The third-order valence-electron chi connectivity index (χ3n) is 3.25. The summed E-state index contributed by atoms with van der Waals surface area (Å²) in [6.07, 6.45) is 4.36. The topological polar surface area (TPSA) is 58.4 Å². The molecule has 3 N–H and O–H groups in total. The predicted octanol–water partition coefficient (Wildman–Crippen LogP) is 0.714. The van der Waals surface area contributed by atoms with E-state index in [0.717, 1.165) is 45.3 Å². The Balaban J connectivity index is 2.31. The molecule has 4 nitrogen and oxygen atoms in total. The van der Waals surface area contributed by atoms with Crippen molar-refractivity contribution >= 4 is 5.91 Å². The van der Waals surface area contributed by atoms with Crippen LogP contribution in [0.5, 0.6) is 0 Å². The monoisotopic (exact) mass is 227 g/mol. The number of hydrogen-bond donors (Lipinski definition) is 2. The van der Waals surface area contributed by atoms with Gasteiger partial charge in [-0.3, -0.25) is 9.69 Å². The fourth-order valence-electron chi connectivity index (χ4n) is 2.09. The van der Waals surface area contributed by atoms with Gasteiger partial charge in [-0.15, -0.1) is 0 Å². The fourth-order valence-corrected chi connectivity index (χ4v) is 2.09. The first-order valence-electron chi connectivity index (χ1n) is 6.42. The van der Waals surface area contributed by atoms with E-state index >= 15 is 0 Å². The highest BCUT2D eigenvalue weighted by Crippen LogP contribution is 2.11. The molecule has 0 saturated carbocycles. The zero-order chi connectivity index (χ0) is 12.0. The molecule has 2 atom stereocenters. The van der Waals surface area contributed by atoms with Crippen molar-refractivity contribution in [2.75, 3.05) is 19.6 Å². The second-order valence-electron chi connectivity index (χ2n) is 4.72. The Kier molecular flexibility index (Phi) is 5.77. The number of unbranched alkanes of at least 4 members (excludes halogenated alkanes) is 1. The Hall–Kier alpha value is -0.610. The van der Waals surface area contributed by atoms with Gasteiger partial charge in [0, 0.05) is 19.1 Å². The molecule has 0 bridgehead atoms. The normalized spacial score (nSPS) is 24.1. The minimum atomic E-state index is -0.0387. The minimum absolute atomic E-state index is 0.0387. The Morgan fingerprint density at radius 3 is 3.00 bits per heavy atom. The van der Waals surface area contributed by atoms with Gasteiger partial charge < -0.3 is 11.1 Å². The molecule has 1 amide bonds. The zero-order valence-corrected chi connectivity index (χ0v) is 10.5. The summed E-state index contributed by atoms with van der Waals surface area (Å²) in [5.41, 5.74) is 5.91. The van der Waals surface area contributed by atoms with Gasteiger partial charge in [-0.1, -0.05) is 13.3 Å². The van der Waals surface area contributed by atoms with E-state index in [9.17, 15) is 4.79 Å². The lowest BCUT2D eigenvalue weighted by molar-refractivity contribution is -0.126. The number of hydrogen-bond acceptors (Lipinski definition) is 3. The van der Waals surface area contributed by atoms with Crippen molar-refractivity contribution in [3.8, 4) is 0 Å². The molecule has 0 aromatic rings. The number of nitrogens with zero attached hydrogens (tertiary/aromatic N) is 1. The van der Waals surface area contributed by atoms with Gasteiger partial charge in [0.1, 0.15) is 0 Å². The van der Waals surface area contributed by atoms with E-state index in [-0.39, 0.29) is 18.0 Å². The lowest BCUT2D eigenvalue weighted by atomic mass is 10.0. The highest BCUT2D eigenvalue weighted by atomic mass is 16.2. The number of piperidine rings is 1. The second kappa shape index (κ2) is 6.86. The fraction of sp³-hybridized carbons (Fsp3) is 0.917. The summed E-state index contributed by atoms with van der Waals surface area (Å²) in [7, 11) is 0. The minimum Gasteiger partial charge on any atom is -0.355 e. The van der Waals surface area contributed by atoms with Crippen molar-refractivity contribution in [1.82, 2.24) is 10.2 Å². The molecule has 4 heteroatoms. The maximum absolute atomic E-state index is 11.8. The second-order valence-corrected chi connectivity index (χ2v) is 4.72. The molecule has 1 aliphatic rings. The van der Waals surface area contributed by atoms with Crippen LogP contribution in [0.3, 0.4) is 0 Å². The Labute approximate surface area is 98.6 Å². The Morgan fingerprint density at radius 1 is 1.62 bits per heavy atom. The smallest absolute Gasteiger partial charge is 0.237 e. The summed E-state index contributed by atoms with van der Waals surface area (Å²) in [5.74, 6) is 0.141. The van der Waals surface area contributed by atoms with Crippen molar-refractivity contribution in [1.29, 1.82) is 0 Å². The van der Waals surface area contributed by atoms with Crippen molar-refractivity contribution < 1.29 is 4.79 Å². The van der Waals surface area contributed by atoms with Gasteiger partial charge in [-0.2, -0.15) is 0 Å². The Bertz CT molecular complexity index is 220. The number of nitrogens with one attached hydrogen (secondary N) is 1. The van der Waals surface area contributed by atoms with Crippen molar-refractivity contribution in [2.45, 2.75) is 51.6 Å². The molecule has 1 saturated heterocycles. The number of nitrogens with two attached hydrogens (primary N) is 1. The van der Waals surface area contributed by atoms with Gasteiger partial charge in [-0.05, 0) is 32.7 Å². The summed E-state index contributed by atoms with van der Waals surface area (Å²) in [6.45, 7) is 6.73. The van der Waals surface area contributed by atoms with E-state index in [1.807, 2.05) is 6.92 Å². The highest BCUT2D eigenvalue weighted by molar-refractivity contribution is 5.81. The van der Waals surface area contributed by atoms with Crippen molar-refractivity contribution in [2.24, 2.45) is 5.73 Å². The van der Waals surface area contributed by atoms with Crippen LogP contribution in [0, 0.1) is 0 Å². The average molecular weight is 227 g/mol. The maximum atomic E-state index is 11.8. The molecule has 0 aliphatic carbocycles. The van der Waals surface area contributed by atoms with E-state index in [2.05, 4.69) is 17.1 Å². The van der Waals surface area contributed by atoms with Crippen LogP contribution in [-0.4, -0.2) is 42.5 Å². The van der Waals surface area contributed by atoms with E-state index in [1.165, 1.54) is 0 Å². The third kappa shape index (κ3) is 4.10. The average Bonchev–Trinajstić information content (AvgIpc) is 2.28. The van der Waals surface area contributed by atoms with Crippen LogP contribution < -0.4 is 11.1 Å². The van der Waals surface area contributed by atoms with Gasteiger partial charge in [0.15, 0.2) is 0 Å². The lowest BCUT2D eigenvalue weighted by Crippen LogP contribution is -2.52. The molecule has 2 unspecified atom stereocenters.